The largest absolute Gasteiger partial charge is 0.493 e. The molecular formula is C34H35NO6S. The Hall–Kier alpha value is -4.43. The van der Waals surface area contributed by atoms with Crippen LogP contribution in [0.4, 0.5) is 0 Å². The van der Waals surface area contributed by atoms with E-state index in [1.165, 1.54) is 0 Å². The molecule has 0 aromatic heterocycles. The molecular weight excluding hydrogens is 550 g/mol. The second-order valence-electron chi connectivity index (χ2n) is 9.64. The van der Waals surface area contributed by atoms with E-state index >= 15 is 0 Å². The van der Waals surface area contributed by atoms with Crippen molar-refractivity contribution < 1.29 is 28.9 Å². The molecule has 4 aromatic carbocycles. The maximum Gasteiger partial charge on any atom is 0.341 e. The fraction of sp³-hybridized carbons (Fsp3) is 0.235. The fourth-order valence-corrected chi connectivity index (χ4v) is 5.67. The van der Waals surface area contributed by atoms with Gasteiger partial charge in [0, 0.05) is 23.6 Å². The molecule has 0 heterocycles. The van der Waals surface area contributed by atoms with Crippen LogP contribution in [-0.2, 0) is 16.1 Å². The number of thioether (sulfide) groups is 1. The van der Waals surface area contributed by atoms with E-state index in [-0.39, 0.29) is 18.6 Å². The Labute approximate surface area is 251 Å². The Morgan fingerprint density at radius 3 is 2.00 bits per heavy atom. The number of rotatable bonds is 14. The van der Waals surface area contributed by atoms with Crippen molar-refractivity contribution in [3.63, 3.8) is 0 Å². The van der Waals surface area contributed by atoms with Gasteiger partial charge >= 0.3 is 5.97 Å². The molecule has 4 aromatic rings. The molecule has 0 saturated heterocycles. The predicted octanol–water partition coefficient (Wildman–Crippen LogP) is 6.78. The molecule has 0 spiro atoms. The van der Waals surface area contributed by atoms with E-state index in [0.717, 1.165) is 27.1 Å². The van der Waals surface area contributed by atoms with Crippen molar-refractivity contribution in [1.29, 1.82) is 0 Å². The van der Waals surface area contributed by atoms with Crippen LogP contribution >= 0.6 is 11.8 Å². The third-order valence-corrected chi connectivity index (χ3v) is 7.74. The number of nitrogens with zero attached hydrogens (tertiary/aromatic N) is 1. The molecule has 1 amide bonds. The van der Waals surface area contributed by atoms with Crippen molar-refractivity contribution in [3.05, 3.63) is 119 Å². The molecule has 7 nitrogen and oxygen atoms in total. The smallest absolute Gasteiger partial charge is 0.341 e. The van der Waals surface area contributed by atoms with E-state index < -0.39 is 5.97 Å². The second-order valence-corrected chi connectivity index (χ2v) is 10.8. The Morgan fingerprint density at radius 2 is 1.43 bits per heavy atom. The van der Waals surface area contributed by atoms with Crippen LogP contribution in [-0.4, -0.2) is 48.5 Å². The summed E-state index contributed by atoms with van der Waals surface area (Å²) in [5.74, 6) is 1.36. The van der Waals surface area contributed by atoms with Crippen LogP contribution in [0.2, 0.25) is 0 Å². The summed E-state index contributed by atoms with van der Waals surface area (Å²) in [6.45, 7) is 1.87. The van der Waals surface area contributed by atoms with Crippen LogP contribution in [0.15, 0.2) is 102 Å². The number of methoxy groups -OCH3 is 2. The molecule has 0 unspecified atom stereocenters. The summed E-state index contributed by atoms with van der Waals surface area (Å²) in [6.07, 6.45) is 0.324. The first-order valence-corrected chi connectivity index (χ1v) is 14.6. The lowest BCUT2D eigenvalue weighted by Gasteiger charge is -2.33. The van der Waals surface area contributed by atoms with E-state index in [4.69, 9.17) is 19.3 Å². The van der Waals surface area contributed by atoms with E-state index in [2.05, 4.69) is 24.3 Å². The molecule has 0 bridgehead atoms. The van der Waals surface area contributed by atoms with Crippen LogP contribution in [0.5, 0.6) is 17.2 Å². The number of aliphatic carboxylic acids is 1. The molecule has 0 saturated carbocycles. The van der Waals surface area contributed by atoms with E-state index in [9.17, 15) is 9.59 Å². The molecule has 0 aliphatic heterocycles. The number of carbonyl (C=O) groups excluding carboxylic acids is 1. The number of hydrogen-bond donors (Lipinski definition) is 1. The first kappa shape index (κ1) is 30.5. The van der Waals surface area contributed by atoms with Gasteiger partial charge in [0.1, 0.15) is 5.75 Å². The first-order valence-electron chi connectivity index (χ1n) is 13.6. The summed E-state index contributed by atoms with van der Waals surface area (Å²) in [4.78, 5) is 27.8. The van der Waals surface area contributed by atoms with Crippen molar-refractivity contribution in [3.8, 4) is 17.2 Å². The molecule has 8 heteroatoms. The average Bonchev–Trinajstić information content (AvgIpc) is 3.01. The molecule has 0 aliphatic rings. The lowest BCUT2D eigenvalue weighted by atomic mass is 9.96. The Balaban J connectivity index is 1.59. The minimum absolute atomic E-state index is 0.0214. The van der Waals surface area contributed by atoms with Gasteiger partial charge in [-0.25, -0.2) is 4.79 Å². The van der Waals surface area contributed by atoms with Crippen molar-refractivity contribution in [1.82, 2.24) is 4.90 Å². The number of benzene rings is 4. The highest BCUT2D eigenvalue weighted by Crippen LogP contribution is 2.34. The maximum absolute atomic E-state index is 14.1. The SMILES string of the molecule is COc1ccc(CN(C(=O)CCSc2ccc(OCC(=O)O)c(C)c2)C(c2ccccc2)c2ccccc2)cc1OC. The number of aryl methyl sites for hydroxylation is 1. The quantitative estimate of drug-likeness (QED) is 0.163. The monoisotopic (exact) mass is 585 g/mol. The predicted molar refractivity (Wildman–Crippen MR) is 164 cm³/mol. The molecule has 0 aliphatic carbocycles. The molecule has 218 valence electrons. The lowest BCUT2D eigenvalue weighted by Crippen LogP contribution is -2.35. The van der Waals surface area contributed by atoms with Gasteiger partial charge in [0.05, 0.1) is 20.3 Å². The summed E-state index contributed by atoms with van der Waals surface area (Å²) in [5.41, 5.74) is 3.82. The normalized spacial score (nSPS) is 10.8. The summed E-state index contributed by atoms with van der Waals surface area (Å²) in [7, 11) is 3.20. The number of carboxylic acids is 1. The molecule has 0 fully saturated rings. The molecule has 4 rings (SSSR count). The van der Waals surface area contributed by atoms with Gasteiger partial charge in [-0.1, -0.05) is 66.7 Å². The number of amides is 1. The number of hydrogen-bond acceptors (Lipinski definition) is 6. The van der Waals surface area contributed by atoms with E-state index in [1.54, 1.807) is 32.0 Å². The zero-order chi connectivity index (χ0) is 29.9. The van der Waals surface area contributed by atoms with Crippen LogP contribution in [0, 0.1) is 6.92 Å². The summed E-state index contributed by atoms with van der Waals surface area (Å²) in [5, 5.41) is 8.88. The third-order valence-electron chi connectivity index (χ3n) is 6.75. The van der Waals surface area contributed by atoms with Gasteiger partial charge in [0.15, 0.2) is 18.1 Å². The average molecular weight is 586 g/mol. The molecule has 1 N–H and O–H groups in total. The van der Waals surface area contributed by atoms with Crippen LogP contribution in [0.25, 0.3) is 0 Å². The third kappa shape index (κ3) is 8.07. The minimum Gasteiger partial charge on any atom is -0.493 e. The Morgan fingerprint density at radius 1 is 0.810 bits per heavy atom. The van der Waals surface area contributed by atoms with Crippen molar-refractivity contribution in [2.45, 2.75) is 30.8 Å². The van der Waals surface area contributed by atoms with Gasteiger partial charge in [-0.15, -0.1) is 11.8 Å². The highest BCUT2D eigenvalue weighted by atomic mass is 32.2. The fourth-order valence-electron chi connectivity index (χ4n) is 4.74. The zero-order valence-corrected chi connectivity index (χ0v) is 24.8. The number of carbonyl (C=O) groups is 2. The lowest BCUT2D eigenvalue weighted by molar-refractivity contribution is -0.139. The molecule has 42 heavy (non-hydrogen) atoms. The van der Waals surface area contributed by atoms with Gasteiger partial charge in [0.25, 0.3) is 0 Å². The highest BCUT2D eigenvalue weighted by Gasteiger charge is 2.27. The number of ether oxygens (including phenoxy) is 3. The van der Waals surface area contributed by atoms with Crippen LogP contribution < -0.4 is 14.2 Å². The molecule has 0 atom stereocenters. The van der Waals surface area contributed by atoms with E-state index in [0.29, 0.717) is 36.0 Å². The number of carboxylic acid groups (broad SMARTS) is 1. The minimum atomic E-state index is -1.02. The van der Waals surface area contributed by atoms with Crippen molar-refractivity contribution in [2.75, 3.05) is 26.6 Å². The Bertz CT molecular complexity index is 1440. The van der Waals surface area contributed by atoms with Crippen molar-refractivity contribution >= 4 is 23.6 Å². The summed E-state index contributed by atoms with van der Waals surface area (Å²) in [6, 6.07) is 31.2. The van der Waals surface area contributed by atoms with Gasteiger partial charge < -0.3 is 24.2 Å². The topological polar surface area (TPSA) is 85.3 Å². The van der Waals surface area contributed by atoms with E-state index in [1.807, 2.05) is 78.6 Å². The Kier molecular flexibility index (Phi) is 10.9. The standard InChI is InChI=1S/C34H35NO6S/c1-24-20-28(15-17-29(24)41-23-33(37)38)42-19-18-32(36)35(22-25-14-16-30(39-2)31(21-25)40-3)34(26-10-6-4-7-11-26)27-12-8-5-9-13-27/h4-17,20-21,34H,18-19,22-23H2,1-3H3,(H,37,38). The second kappa shape index (κ2) is 15.0. The van der Waals surface area contributed by atoms with Gasteiger partial charge in [-0.3, -0.25) is 4.79 Å². The van der Waals surface area contributed by atoms with Gasteiger partial charge in [0.2, 0.25) is 5.91 Å². The van der Waals surface area contributed by atoms with Gasteiger partial charge in [-0.2, -0.15) is 0 Å². The van der Waals surface area contributed by atoms with Crippen LogP contribution in [0.1, 0.15) is 34.7 Å². The van der Waals surface area contributed by atoms with Crippen LogP contribution in [0.3, 0.4) is 0 Å². The first-order chi connectivity index (χ1) is 20.4. The maximum atomic E-state index is 14.1. The zero-order valence-electron chi connectivity index (χ0n) is 24.0. The molecule has 0 radical (unpaired) electrons. The summed E-state index contributed by atoms with van der Waals surface area (Å²) >= 11 is 1.58. The highest BCUT2D eigenvalue weighted by molar-refractivity contribution is 7.99. The van der Waals surface area contributed by atoms with Crippen molar-refractivity contribution in [2.24, 2.45) is 0 Å². The van der Waals surface area contributed by atoms with Gasteiger partial charge in [-0.05, 0) is 59.5 Å². The summed E-state index contributed by atoms with van der Waals surface area (Å²) < 4.78 is 16.3.